The second-order valence-corrected chi connectivity index (χ2v) is 13.9. The fourth-order valence-electron chi connectivity index (χ4n) is 6.76. The Morgan fingerprint density at radius 3 is 2.61 bits per heavy atom. The molecule has 5 atom stereocenters. The predicted molar refractivity (Wildman–Crippen MR) is 159 cm³/mol. The van der Waals surface area contributed by atoms with E-state index in [-0.39, 0.29) is 41.4 Å². The number of sulfonamides is 1. The average molecular weight is 636 g/mol. The number of pyridine rings is 1. The third kappa shape index (κ3) is 7.19. The minimum Gasteiger partial charge on any atom is -0.465 e. The first kappa shape index (κ1) is 32.2. The smallest absolute Gasteiger partial charge is 0.407 e. The maximum atomic E-state index is 15.2. The molecule has 2 aromatic rings. The molecule has 11 nitrogen and oxygen atoms in total. The number of nitrogens with zero attached hydrogens (tertiary/aromatic N) is 3. The van der Waals surface area contributed by atoms with Gasteiger partial charge in [-0.2, -0.15) is 4.31 Å². The quantitative estimate of drug-likeness (QED) is 0.382. The Morgan fingerprint density at radius 2 is 1.91 bits per heavy atom. The second kappa shape index (κ2) is 13.8. The molecule has 1 aromatic carbocycles. The highest BCUT2D eigenvalue weighted by molar-refractivity contribution is 7.89. The molecule has 44 heavy (non-hydrogen) atoms. The van der Waals surface area contributed by atoms with E-state index < -0.39 is 45.6 Å². The van der Waals surface area contributed by atoms with Crippen LogP contribution in [-0.2, 0) is 26.0 Å². The summed E-state index contributed by atoms with van der Waals surface area (Å²) in [5.41, 5.74) is 0.846. The number of hydrogen-bond acceptors (Lipinski definition) is 7. The Hall–Kier alpha value is -3.20. The Morgan fingerprint density at radius 1 is 1.18 bits per heavy atom. The van der Waals surface area contributed by atoms with Gasteiger partial charge in [-0.3, -0.25) is 14.7 Å². The lowest BCUT2D eigenvalue weighted by Gasteiger charge is -2.39. The van der Waals surface area contributed by atoms with E-state index in [9.17, 15) is 27.5 Å². The third-order valence-electron chi connectivity index (χ3n) is 9.11. The summed E-state index contributed by atoms with van der Waals surface area (Å²) in [4.78, 5) is 31.2. The lowest BCUT2D eigenvalue weighted by Crippen LogP contribution is -2.57. The van der Waals surface area contributed by atoms with Gasteiger partial charge in [-0.1, -0.05) is 12.1 Å². The van der Waals surface area contributed by atoms with E-state index in [4.69, 9.17) is 4.74 Å². The first-order valence-electron chi connectivity index (χ1n) is 15.0. The van der Waals surface area contributed by atoms with Gasteiger partial charge in [-0.15, -0.1) is 0 Å². The fourth-order valence-corrected chi connectivity index (χ4v) is 8.56. The normalized spacial score (nSPS) is 24.9. The zero-order valence-corrected chi connectivity index (χ0v) is 25.4. The summed E-state index contributed by atoms with van der Waals surface area (Å²) in [5, 5.41) is 16.1. The average Bonchev–Trinajstić information content (AvgIpc) is 3.12. The zero-order valence-electron chi connectivity index (χ0n) is 24.6. The summed E-state index contributed by atoms with van der Waals surface area (Å²) in [6, 6.07) is 4.13. The van der Waals surface area contributed by atoms with Crippen LogP contribution in [-0.4, -0.2) is 96.9 Å². The summed E-state index contributed by atoms with van der Waals surface area (Å²) in [5.74, 6) is -2.50. The van der Waals surface area contributed by atoms with Crippen molar-refractivity contribution in [1.29, 1.82) is 0 Å². The molecule has 3 aliphatic rings. The van der Waals surface area contributed by atoms with Crippen molar-refractivity contribution in [3.63, 3.8) is 0 Å². The fraction of sp³-hybridized carbons (Fsp3) is 0.567. The minimum absolute atomic E-state index is 0.0768. The molecule has 14 heteroatoms. The molecule has 0 radical (unpaired) electrons. The minimum atomic E-state index is -3.44. The van der Waals surface area contributed by atoms with Crippen molar-refractivity contribution in [3.8, 4) is 0 Å². The van der Waals surface area contributed by atoms with Gasteiger partial charge in [0.1, 0.15) is 17.7 Å². The number of carbonyl (C=O) groups excluding carboxylic acids is 1. The van der Waals surface area contributed by atoms with Crippen LogP contribution in [0.5, 0.6) is 0 Å². The summed E-state index contributed by atoms with van der Waals surface area (Å²) in [6.07, 6.45) is 3.94. The number of likely N-dealkylation sites (N-methyl/N-ethyl adjacent to an activating group) is 1. The van der Waals surface area contributed by atoms with Gasteiger partial charge in [0.25, 0.3) is 0 Å². The first-order chi connectivity index (χ1) is 21.0. The maximum absolute atomic E-state index is 15.2. The lowest BCUT2D eigenvalue weighted by atomic mass is 9.76. The number of piperazine rings is 1. The van der Waals surface area contributed by atoms with Crippen LogP contribution in [0.1, 0.15) is 49.1 Å². The van der Waals surface area contributed by atoms with Gasteiger partial charge >= 0.3 is 6.09 Å². The number of rotatable bonds is 9. The van der Waals surface area contributed by atoms with E-state index in [1.807, 2.05) is 0 Å². The number of fused-ring (bicyclic) bond motifs is 2. The van der Waals surface area contributed by atoms with Gasteiger partial charge in [0.2, 0.25) is 15.9 Å². The number of amides is 2. The van der Waals surface area contributed by atoms with Gasteiger partial charge in [0, 0.05) is 56.9 Å². The van der Waals surface area contributed by atoms with Crippen LogP contribution in [0.2, 0.25) is 0 Å². The van der Waals surface area contributed by atoms with E-state index in [2.05, 4.69) is 15.6 Å². The summed E-state index contributed by atoms with van der Waals surface area (Å²) in [6.45, 7) is 1.69. The molecule has 0 spiro atoms. The number of benzene rings is 1. The Bertz CT molecular complexity index is 1440. The van der Waals surface area contributed by atoms with Crippen molar-refractivity contribution >= 4 is 27.7 Å². The van der Waals surface area contributed by atoms with Crippen molar-refractivity contribution in [2.75, 3.05) is 44.4 Å². The molecule has 0 saturated carbocycles. The van der Waals surface area contributed by atoms with Crippen molar-refractivity contribution in [2.45, 2.75) is 62.6 Å². The van der Waals surface area contributed by atoms with Gasteiger partial charge in [0.15, 0.2) is 0 Å². The molecule has 1 aromatic heterocycles. The van der Waals surface area contributed by atoms with Crippen LogP contribution in [0.4, 0.5) is 19.3 Å². The van der Waals surface area contributed by atoms with Crippen LogP contribution in [0.15, 0.2) is 36.7 Å². The van der Waals surface area contributed by atoms with Crippen molar-refractivity contribution in [1.82, 2.24) is 19.5 Å². The number of hydrogen-bond donors (Lipinski definition) is 3. The highest BCUT2D eigenvalue weighted by atomic mass is 32.2. The topological polar surface area (TPSA) is 141 Å². The lowest BCUT2D eigenvalue weighted by molar-refractivity contribution is -0.122. The van der Waals surface area contributed by atoms with Gasteiger partial charge in [-0.05, 0) is 62.1 Å². The highest BCUT2D eigenvalue weighted by Crippen LogP contribution is 2.38. The number of anilines is 1. The van der Waals surface area contributed by atoms with Gasteiger partial charge < -0.3 is 20.5 Å². The largest absolute Gasteiger partial charge is 0.465 e. The summed E-state index contributed by atoms with van der Waals surface area (Å²) in [7, 11) is -2.14. The summed E-state index contributed by atoms with van der Waals surface area (Å²) >= 11 is 0. The molecule has 2 amide bonds. The van der Waals surface area contributed by atoms with Crippen molar-refractivity contribution in [3.05, 3.63) is 59.4 Å². The number of ether oxygens (including phenoxy) is 1. The van der Waals surface area contributed by atoms with Crippen LogP contribution in [0.3, 0.4) is 0 Å². The van der Waals surface area contributed by atoms with Crippen molar-refractivity contribution < 1.29 is 36.6 Å². The zero-order chi connectivity index (χ0) is 31.4. The molecule has 240 valence electrons. The molecule has 2 bridgehead atoms. The molecule has 3 saturated heterocycles. The van der Waals surface area contributed by atoms with Crippen LogP contribution < -0.4 is 10.6 Å². The van der Waals surface area contributed by atoms with E-state index in [0.29, 0.717) is 57.6 Å². The molecule has 4 heterocycles. The van der Waals surface area contributed by atoms with Crippen LogP contribution in [0, 0.1) is 17.6 Å². The van der Waals surface area contributed by atoms with Gasteiger partial charge in [0.05, 0.1) is 23.8 Å². The van der Waals surface area contributed by atoms with E-state index >= 15 is 4.39 Å². The maximum Gasteiger partial charge on any atom is 0.407 e. The van der Waals surface area contributed by atoms with Crippen LogP contribution in [0.25, 0.3) is 0 Å². The molecule has 3 fully saturated rings. The molecule has 5 rings (SSSR count). The summed E-state index contributed by atoms with van der Waals surface area (Å²) < 4.78 is 62.0. The van der Waals surface area contributed by atoms with E-state index in [0.717, 1.165) is 17.5 Å². The molecule has 3 aliphatic heterocycles. The number of nitrogens with one attached hydrogen (secondary N) is 2. The number of carboxylic acid groups (broad SMARTS) is 1. The molecular formula is C30H39F2N5O6S. The molecular weight excluding hydrogens is 596 g/mol. The van der Waals surface area contributed by atoms with E-state index in [1.165, 1.54) is 29.7 Å². The Balaban J connectivity index is 1.42. The predicted octanol–water partition coefficient (Wildman–Crippen LogP) is 3.19. The first-order valence-corrected chi connectivity index (χ1v) is 16.6. The Labute approximate surface area is 256 Å². The number of aromatic nitrogens is 1. The molecule has 3 N–H and O–H groups in total. The standard InChI is InChI=1S/C30H39F2N5O6S/c1-36(30(39)40)28(27(20-10-12-43-13-11-20)19-4-6-21(31)7-5-19)29(38)35-26-17-33-16-25(32)24(26)9-8-23-15-34-22-3-2-14-44(41,42)37(23)18-22/h4-7,16-17,20,22-23,27-28,34H,2-3,8-15,18H2,1H3,(H,35,38)(H,39,40)/t22-,23+,27+,28+/m1/s1. The second-order valence-electron chi connectivity index (χ2n) is 11.8. The van der Waals surface area contributed by atoms with Crippen LogP contribution >= 0.6 is 0 Å². The monoisotopic (exact) mass is 635 g/mol. The molecule has 0 aliphatic carbocycles. The molecule has 1 unspecified atom stereocenters. The van der Waals surface area contributed by atoms with Gasteiger partial charge in [-0.25, -0.2) is 22.0 Å². The number of carbonyl (C=O) groups is 2. The van der Waals surface area contributed by atoms with E-state index in [1.54, 1.807) is 12.1 Å². The third-order valence-corrected chi connectivity index (χ3v) is 11.1. The SMILES string of the molecule is CN(C(=O)O)[C@H](C(=O)Nc1cncc(F)c1CC[C@H]1CN[C@@H]2CCCS(=O)(=O)N1C2)[C@@H](c1ccc(F)cc1)C1CCOCC1. The number of halogens is 2. The highest BCUT2D eigenvalue weighted by Gasteiger charge is 2.41. The van der Waals surface area contributed by atoms with Crippen molar-refractivity contribution in [2.24, 2.45) is 5.92 Å². The Kier molecular flexibility index (Phi) is 10.1.